The maximum atomic E-state index is 12.6. The first-order valence-electron chi connectivity index (χ1n) is 6.80. The van der Waals surface area contributed by atoms with E-state index in [1.54, 1.807) is 11.9 Å². The lowest BCUT2D eigenvalue weighted by molar-refractivity contribution is -0.146. The van der Waals surface area contributed by atoms with Gasteiger partial charge in [0.1, 0.15) is 0 Å². The molecule has 2 N–H and O–H groups in total. The second-order valence-corrected chi connectivity index (χ2v) is 4.91. The Bertz CT molecular complexity index is 299. The van der Waals surface area contributed by atoms with E-state index in [1.807, 2.05) is 6.92 Å². The van der Waals surface area contributed by atoms with E-state index in [1.165, 1.54) is 0 Å². The minimum atomic E-state index is -0.317. The molecule has 5 nitrogen and oxygen atoms in total. The molecule has 18 heavy (non-hydrogen) atoms. The average Bonchev–Trinajstić information content (AvgIpc) is 2.44. The lowest BCUT2D eigenvalue weighted by atomic mass is 9.77. The number of piperidine rings is 1. The molecule has 0 aliphatic carbocycles. The van der Waals surface area contributed by atoms with Gasteiger partial charge in [0.05, 0.1) is 12.0 Å². The molecule has 0 aromatic carbocycles. The van der Waals surface area contributed by atoms with Crippen molar-refractivity contribution < 1.29 is 9.59 Å². The van der Waals surface area contributed by atoms with Crippen LogP contribution in [0.2, 0.25) is 0 Å². The SMILES string of the molecule is CCN(CC(=O)NC)C(=O)C1(CC)CCCNC1. The molecule has 1 atom stereocenters. The summed E-state index contributed by atoms with van der Waals surface area (Å²) in [4.78, 5) is 25.7. The van der Waals surface area contributed by atoms with Crippen LogP contribution in [0.25, 0.3) is 0 Å². The largest absolute Gasteiger partial charge is 0.358 e. The number of carbonyl (C=O) groups is 2. The van der Waals surface area contributed by atoms with Gasteiger partial charge in [-0.3, -0.25) is 9.59 Å². The van der Waals surface area contributed by atoms with E-state index in [0.717, 1.165) is 32.4 Å². The Kier molecular flexibility index (Phi) is 5.59. The van der Waals surface area contributed by atoms with Crippen LogP contribution in [0.5, 0.6) is 0 Å². The van der Waals surface area contributed by atoms with Crippen molar-refractivity contribution in [2.75, 3.05) is 33.2 Å². The summed E-state index contributed by atoms with van der Waals surface area (Å²) >= 11 is 0. The lowest BCUT2D eigenvalue weighted by Gasteiger charge is -2.39. The summed E-state index contributed by atoms with van der Waals surface area (Å²) < 4.78 is 0. The van der Waals surface area contributed by atoms with Gasteiger partial charge in [-0.15, -0.1) is 0 Å². The number of nitrogens with one attached hydrogen (secondary N) is 2. The molecule has 1 saturated heterocycles. The Hall–Kier alpha value is -1.10. The molecule has 0 aromatic heterocycles. The maximum absolute atomic E-state index is 12.6. The average molecular weight is 255 g/mol. The number of nitrogens with zero attached hydrogens (tertiary/aromatic N) is 1. The highest BCUT2D eigenvalue weighted by Gasteiger charge is 2.40. The van der Waals surface area contributed by atoms with Gasteiger partial charge in [-0.25, -0.2) is 0 Å². The molecular formula is C13H25N3O2. The molecule has 0 radical (unpaired) electrons. The number of amides is 2. The van der Waals surface area contributed by atoms with Crippen molar-refractivity contribution in [3.63, 3.8) is 0 Å². The predicted octanol–water partition coefficient (Wildman–Crippen LogP) is 0.361. The van der Waals surface area contributed by atoms with E-state index in [0.29, 0.717) is 6.54 Å². The molecule has 0 aromatic rings. The van der Waals surface area contributed by atoms with Crippen LogP contribution in [-0.2, 0) is 9.59 Å². The van der Waals surface area contributed by atoms with Crippen molar-refractivity contribution in [1.29, 1.82) is 0 Å². The van der Waals surface area contributed by atoms with Crippen LogP contribution in [0, 0.1) is 5.41 Å². The summed E-state index contributed by atoms with van der Waals surface area (Å²) in [6.45, 7) is 6.42. The third-order valence-electron chi connectivity index (χ3n) is 3.88. The van der Waals surface area contributed by atoms with Crippen molar-refractivity contribution in [2.45, 2.75) is 33.1 Å². The van der Waals surface area contributed by atoms with E-state index in [4.69, 9.17) is 0 Å². The fourth-order valence-corrected chi connectivity index (χ4v) is 2.52. The quantitative estimate of drug-likeness (QED) is 0.746. The van der Waals surface area contributed by atoms with Crippen LogP contribution in [0.1, 0.15) is 33.1 Å². The molecule has 0 spiro atoms. The highest BCUT2D eigenvalue weighted by molar-refractivity contribution is 5.88. The molecule has 5 heteroatoms. The molecule has 1 aliphatic heterocycles. The maximum Gasteiger partial charge on any atom is 0.239 e. The fourth-order valence-electron chi connectivity index (χ4n) is 2.52. The zero-order chi connectivity index (χ0) is 13.6. The van der Waals surface area contributed by atoms with E-state index in [9.17, 15) is 9.59 Å². The summed E-state index contributed by atoms with van der Waals surface area (Å²) in [5.41, 5.74) is -0.317. The first-order valence-corrected chi connectivity index (χ1v) is 6.80. The zero-order valence-corrected chi connectivity index (χ0v) is 11.7. The number of rotatable bonds is 5. The van der Waals surface area contributed by atoms with E-state index < -0.39 is 0 Å². The minimum Gasteiger partial charge on any atom is -0.358 e. The van der Waals surface area contributed by atoms with Gasteiger partial charge in [-0.05, 0) is 32.7 Å². The molecular weight excluding hydrogens is 230 g/mol. The smallest absolute Gasteiger partial charge is 0.239 e. The number of hydrogen-bond donors (Lipinski definition) is 2. The topological polar surface area (TPSA) is 61.4 Å². The molecule has 104 valence electrons. The van der Waals surface area contributed by atoms with Crippen LogP contribution >= 0.6 is 0 Å². The van der Waals surface area contributed by atoms with E-state index in [2.05, 4.69) is 17.6 Å². The van der Waals surface area contributed by atoms with Crippen LogP contribution in [0.3, 0.4) is 0 Å². The third-order valence-corrected chi connectivity index (χ3v) is 3.88. The van der Waals surface area contributed by atoms with Crippen molar-refractivity contribution in [3.05, 3.63) is 0 Å². The standard InChI is InChI=1S/C13H25N3O2/c1-4-13(7-6-8-15-10-13)12(18)16(5-2)9-11(17)14-3/h15H,4-10H2,1-3H3,(H,14,17). The van der Waals surface area contributed by atoms with Gasteiger partial charge in [0.15, 0.2) is 0 Å². The van der Waals surface area contributed by atoms with Crippen molar-refractivity contribution in [2.24, 2.45) is 5.41 Å². The summed E-state index contributed by atoms with van der Waals surface area (Å²) in [5.74, 6) is 0.00326. The van der Waals surface area contributed by atoms with Crippen LogP contribution in [0.15, 0.2) is 0 Å². The highest BCUT2D eigenvalue weighted by atomic mass is 16.2. The molecule has 1 heterocycles. The molecule has 2 amide bonds. The highest BCUT2D eigenvalue weighted by Crippen LogP contribution is 2.32. The second kappa shape index (κ2) is 6.73. The monoisotopic (exact) mass is 255 g/mol. The zero-order valence-electron chi connectivity index (χ0n) is 11.7. The second-order valence-electron chi connectivity index (χ2n) is 4.91. The third kappa shape index (κ3) is 3.22. The first-order chi connectivity index (χ1) is 8.59. The molecule has 1 aliphatic rings. The van der Waals surface area contributed by atoms with Crippen molar-refractivity contribution >= 4 is 11.8 Å². The van der Waals surface area contributed by atoms with Gasteiger partial charge < -0.3 is 15.5 Å². The Balaban J connectivity index is 2.76. The normalized spacial score (nSPS) is 23.5. The van der Waals surface area contributed by atoms with Gasteiger partial charge in [0.25, 0.3) is 0 Å². The van der Waals surface area contributed by atoms with Gasteiger partial charge in [0, 0.05) is 20.1 Å². The molecule has 1 fully saturated rings. The molecule has 1 rings (SSSR count). The first kappa shape index (κ1) is 15.0. The predicted molar refractivity (Wildman–Crippen MR) is 71.1 cm³/mol. The molecule has 0 saturated carbocycles. The Morgan fingerprint density at radius 2 is 2.11 bits per heavy atom. The number of carbonyl (C=O) groups excluding carboxylic acids is 2. The molecule has 0 bridgehead atoms. The van der Waals surface area contributed by atoms with E-state index in [-0.39, 0.29) is 23.8 Å². The van der Waals surface area contributed by atoms with Crippen LogP contribution < -0.4 is 10.6 Å². The van der Waals surface area contributed by atoms with Gasteiger partial charge >= 0.3 is 0 Å². The Morgan fingerprint density at radius 3 is 2.56 bits per heavy atom. The summed E-state index contributed by atoms with van der Waals surface area (Å²) in [6, 6.07) is 0. The molecule has 1 unspecified atom stereocenters. The van der Waals surface area contributed by atoms with Gasteiger partial charge in [-0.1, -0.05) is 6.92 Å². The van der Waals surface area contributed by atoms with Crippen molar-refractivity contribution in [1.82, 2.24) is 15.5 Å². The fraction of sp³-hybridized carbons (Fsp3) is 0.846. The van der Waals surface area contributed by atoms with Gasteiger partial charge in [0.2, 0.25) is 11.8 Å². The summed E-state index contributed by atoms with van der Waals surface area (Å²) in [5, 5.41) is 5.88. The van der Waals surface area contributed by atoms with E-state index >= 15 is 0 Å². The number of likely N-dealkylation sites (N-methyl/N-ethyl adjacent to an activating group) is 2. The summed E-state index contributed by atoms with van der Waals surface area (Å²) in [7, 11) is 1.60. The Morgan fingerprint density at radius 1 is 1.39 bits per heavy atom. The minimum absolute atomic E-state index is 0.111. The van der Waals surface area contributed by atoms with Gasteiger partial charge in [-0.2, -0.15) is 0 Å². The number of hydrogen-bond acceptors (Lipinski definition) is 3. The van der Waals surface area contributed by atoms with Crippen LogP contribution in [0.4, 0.5) is 0 Å². The van der Waals surface area contributed by atoms with Crippen LogP contribution in [-0.4, -0.2) is 49.9 Å². The van der Waals surface area contributed by atoms with Crippen molar-refractivity contribution in [3.8, 4) is 0 Å². The Labute approximate surface area is 109 Å². The lowest BCUT2D eigenvalue weighted by Crippen LogP contribution is -2.53. The summed E-state index contributed by atoms with van der Waals surface area (Å²) in [6.07, 6.45) is 2.76.